The molecule has 1 aliphatic rings. The number of nitrogens with zero attached hydrogens (tertiary/aromatic N) is 3. The van der Waals surface area contributed by atoms with Crippen LogP contribution in [0.3, 0.4) is 0 Å². The molecule has 1 aromatic carbocycles. The first-order valence-corrected chi connectivity index (χ1v) is 12.8. The monoisotopic (exact) mass is 499 g/mol. The lowest BCUT2D eigenvalue weighted by molar-refractivity contribution is -0.127. The molecule has 6 nitrogen and oxygen atoms in total. The van der Waals surface area contributed by atoms with Crippen LogP contribution in [-0.2, 0) is 11.2 Å². The van der Waals surface area contributed by atoms with Crippen LogP contribution in [0.15, 0.2) is 60.9 Å². The summed E-state index contributed by atoms with van der Waals surface area (Å²) >= 11 is 0. The van der Waals surface area contributed by atoms with Crippen molar-refractivity contribution in [1.82, 2.24) is 14.9 Å². The van der Waals surface area contributed by atoms with Gasteiger partial charge in [-0.3, -0.25) is 4.98 Å². The molecule has 194 valence electrons. The summed E-state index contributed by atoms with van der Waals surface area (Å²) in [6, 6.07) is 15.4. The van der Waals surface area contributed by atoms with E-state index in [0.717, 1.165) is 18.7 Å². The molecule has 1 saturated heterocycles. The Morgan fingerprint density at radius 3 is 2.38 bits per heavy atom. The summed E-state index contributed by atoms with van der Waals surface area (Å²) in [6.07, 6.45) is 3.73. The van der Waals surface area contributed by atoms with Crippen molar-refractivity contribution < 1.29 is 14.9 Å². The van der Waals surface area contributed by atoms with Crippen LogP contribution in [0, 0.1) is 17.3 Å². The molecule has 1 fully saturated rings. The summed E-state index contributed by atoms with van der Waals surface area (Å²) < 4.78 is 5.22. The van der Waals surface area contributed by atoms with Gasteiger partial charge < -0.3 is 19.8 Å². The lowest BCUT2D eigenvalue weighted by Gasteiger charge is -2.55. The van der Waals surface area contributed by atoms with Crippen molar-refractivity contribution in [3.8, 4) is 17.7 Å². The first kappa shape index (κ1) is 26.8. The number of benzene rings is 1. The van der Waals surface area contributed by atoms with Gasteiger partial charge in [0.25, 0.3) is 0 Å². The zero-order valence-corrected chi connectivity index (χ0v) is 22.6. The molecule has 1 aliphatic heterocycles. The second kappa shape index (κ2) is 10.3. The van der Waals surface area contributed by atoms with Gasteiger partial charge in [0.05, 0.1) is 12.8 Å². The van der Waals surface area contributed by atoms with Crippen LogP contribution in [0.1, 0.15) is 68.0 Å². The van der Waals surface area contributed by atoms with E-state index in [1.165, 1.54) is 12.7 Å². The molecule has 0 saturated carbocycles. The summed E-state index contributed by atoms with van der Waals surface area (Å²) in [6.45, 7) is 9.80. The zero-order valence-electron chi connectivity index (χ0n) is 22.6. The normalized spacial score (nSPS) is 18.2. The Morgan fingerprint density at radius 1 is 1.08 bits per heavy atom. The van der Waals surface area contributed by atoms with Gasteiger partial charge in [-0.1, -0.05) is 69.9 Å². The molecule has 0 radical (unpaired) electrons. The predicted molar refractivity (Wildman–Crippen MR) is 145 cm³/mol. The highest BCUT2D eigenvalue weighted by molar-refractivity contribution is 5.45. The van der Waals surface area contributed by atoms with Gasteiger partial charge in [-0.15, -0.1) is 0 Å². The number of likely N-dealkylation sites (tertiary alicyclic amines) is 1. The van der Waals surface area contributed by atoms with Gasteiger partial charge in [0, 0.05) is 48.1 Å². The lowest BCUT2D eigenvalue weighted by Crippen LogP contribution is -2.63. The van der Waals surface area contributed by atoms with Gasteiger partial charge in [0.15, 0.2) is 5.60 Å². The molecular formula is C31H37N3O3. The highest BCUT2D eigenvalue weighted by Crippen LogP contribution is 2.50. The van der Waals surface area contributed by atoms with E-state index in [1.54, 1.807) is 30.6 Å². The number of hydrogen-bond acceptors (Lipinski definition) is 6. The molecule has 0 spiro atoms. The molecule has 37 heavy (non-hydrogen) atoms. The molecule has 0 bridgehead atoms. The van der Waals surface area contributed by atoms with Crippen molar-refractivity contribution in [2.75, 3.05) is 27.2 Å². The van der Waals surface area contributed by atoms with Gasteiger partial charge in [-0.2, -0.15) is 0 Å². The smallest absolute Gasteiger partial charge is 0.213 e. The Labute approximate surface area is 220 Å². The number of rotatable bonds is 7. The number of ether oxygens (including phenoxy) is 1. The van der Waals surface area contributed by atoms with E-state index in [-0.39, 0.29) is 0 Å². The fraction of sp³-hybridized carbons (Fsp3) is 0.419. The number of hydrogen-bond donors (Lipinski definition) is 2. The van der Waals surface area contributed by atoms with E-state index in [1.807, 2.05) is 25.1 Å². The SMILES string of the molecule is CCC(O)(C#Cc1cncc([C@@](O)(c2ccc(C(C)C)cc2)C2(C)CN(C)C2)c1)c1cccc(OC)n1. The molecule has 0 amide bonds. The zero-order chi connectivity index (χ0) is 26.8. The predicted octanol–water partition coefficient (Wildman–Crippen LogP) is 4.45. The van der Waals surface area contributed by atoms with Crippen LogP contribution in [0.5, 0.6) is 5.88 Å². The third-order valence-electron chi connectivity index (χ3n) is 7.54. The molecule has 3 aromatic rings. The molecule has 4 rings (SSSR count). The Balaban J connectivity index is 1.76. The standard InChI is InChI=1S/C31H37N3O3/c1-7-30(35,27-9-8-10-28(33-27)37-6)16-15-23-17-26(19-32-18-23)31(36,29(4)20-34(5)21-29)25-13-11-24(12-14-25)22(2)3/h8-14,17-19,22,35-36H,7,20-21H2,1-6H3/t30?,31-/m0/s1. The Bertz CT molecular complexity index is 1310. The molecular weight excluding hydrogens is 462 g/mol. The van der Waals surface area contributed by atoms with Crippen LogP contribution in [0.25, 0.3) is 0 Å². The highest BCUT2D eigenvalue weighted by atomic mass is 16.5. The van der Waals surface area contributed by atoms with E-state index in [0.29, 0.717) is 35.0 Å². The molecule has 2 aromatic heterocycles. The first-order valence-electron chi connectivity index (χ1n) is 12.8. The van der Waals surface area contributed by atoms with Crippen LogP contribution in [-0.4, -0.2) is 52.3 Å². The van der Waals surface area contributed by atoms with Crippen molar-refractivity contribution in [1.29, 1.82) is 0 Å². The first-order chi connectivity index (χ1) is 17.5. The van der Waals surface area contributed by atoms with E-state index < -0.39 is 16.6 Å². The van der Waals surface area contributed by atoms with E-state index >= 15 is 0 Å². The molecule has 0 aliphatic carbocycles. The summed E-state index contributed by atoms with van der Waals surface area (Å²) in [5.41, 5.74) is 0.689. The molecule has 6 heteroatoms. The Hall–Kier alpha value is -3.24. The summed E-state index contributed by atoms with van der Waals surface area (Å²) in [7, 11) is 3.60. The summed E-state index contributed by atoms with van der Waals surface area (Å²) in [5.74, 6) is 6.92. The minimum absolute atomic E-state index is 0.351. The van der Waals surface area contributed by atoms with E-state index in [9.17, 15) is 10.2 Å². The quantitative estimate of drug-likeness (QED) is 0.468. The van der Waals surface area contributed by atoms with Crippen molar-refractivity contribution >= 4 is 0 Å². The van der Waals surface area contributed by atoms with Crippen molar-refractivity contribution in [2.45, 2.75) is 51.2 Å². The molecule has 2 atom stereocenters. The van der Waals surface area contributed by atoms with Gasteiger partial charge in [-0.25, -0.2) is 4.98 Å². The Morgan fingerprint density at radius 2 is 1.78 bits per heavy atom. The maximum Gasteiger partial charge on any atom is 0.213 e. The van der Waals surface area contributed by atoms with Crippen molar-refractivity contribution in [2.24, 2.45) is 5.41 Å². The number of aromatic nitrogens is 2. The van der Waals surface area contributed by atoms with Crippen LogP contribution in [0.4, 0.5) is 0 Å². The largest absolute Gasteiger partial charge is 0.481 e. The average molecular weight is 500 g/mol. The van der Waals surface area contributed by atoms with Gasteiger partial charge in [0.1, 0.15) is 5.60 Å². The molecule has 2 N–H and O–H groups in total. The lowest BCUT2D eigenvalue weighted by atomic mass is 9.62. The van der Waals surface area contributed by atoms with Crippen molar-refractivity contribution in [3.63, 3.8) is 0 Å². The van der Waals surface area contributed by atoms with E-state index in [2.05, 4.69) is 66.7 Å². The number of aliphatic hydroxyl groups is 2. The average Bonchev–Trinajstić information content (AvgIpc) is 2.90. The minimum Gasteiger partial charge on any atom is -0.481 e. The second-order valence-corrected chi connectivity index (χ2v) is 10.7. The molecule has 1 unspecified atom stereocenters. The maximum atomic E-state index is 12.4. The topological polar surface area (TPSA) is 78.7 Å². The van der Waals surface area contributed by atoms with Gasteiger partial charge in [-0.05, 0) is 42.6 Å². The van der Waals surface area contributed by atoms with Crippen LogP contribution < -0.4 is 4.74 Å². The van der Waals surface area contributed by atoms with Crippen LogP contribution in [0.2, 0.25) is 0 Å². The minimum atomic E-state index is -1.45. The Kier molecular flexibility index (Phi) is 7.43. The number of pyridine rings is 2. The summed E-state index contributed by atoms with van der Waals surface area (Å²) in [5, 5.41) is 23.7. The third-order valence-corrected chi connectivity index (χ3v) is 7.54. The van der Waals surface area contributed by atoms with Gasteiger partial charge in [0.2, 0.25) is 5.88 Å². The fourth-order valence-electron chi connectivity index (χ4n) is 5.32. The molecule has 3 heterocycles. The second-order valence-electron chi connectivity index (χ2n) is 10.7. The fourth-order valence-corrected chi connectivity index (χ4v) is 5.32. The number of methoxy groups -OCH3 is 1. The third kappa shape index (κ3) is 5.00. The summed E-state index contributed by atoms with van der Waals surface area (Å²) in [4.78, 5) is 11.0. The van der Waals surface area contributed by atoms with E-state index in [4.69, 9.17) is 4.74 Å². The highest BCUT2D eigenvalue weighted by Gasteiger charge is 2.55. The maximum absolute atomic E-state index is 12.4. The van der Waals surface area contributed by atoms with Crippen LogP contribution >= 0.6 is 0 Å². The van der Waals surface area contributed by atoms with Crippen molar-refractivity contribution in [3.05, 3.63) is 88.9 Å². The van der Waals surface area contributed by atoms with Gasteiger partial charge >= 0.3 is 0 Å².